The van der Waals surface area contributed by atoms with E-state index in [0.29, 0.717) is 29.1 Å². The van der Waals surface area contributed by atoms with E-state index < -0.39 is 8.32 Å². The Kier molecular flexibility index (Phi) is 7.79. The van der Waals surface area contributed by atoms with E-state index in [1.165, 1.54) is 0 Å². The molecular formula is C16H34O2Si. The van der Waals surface area contributed by atoms with Crippen LogP contribution in [0.3, 0.4) is 0 Å². The second-order valence-corrected chi connectivity index (χ2v) is 12.0. The Hall–Kier alpha value is -0.443. The van der Waals surface area contributed by atoms with Crippen LogP contribution in [0, 0.1) is 5.92 Å². The van der Waals surface area contributed by atoms with Crippen LogP contribution in [0.2, 0.25) is 16.6 Å². The van der Waals surface area contributed by atoms with Gasteiger partial charge in [-0.2, -0.15) is 0 Å². The molecule has 3 heteroatoms. The van der Waals surface area contributed by atoms with Gasteiger partial charge in [0.2, 0.25) is 0 Å². The van der Waals surface area contributed by atoms with Gasteiger partial charge in [-0.3, -0.25) is 0 Å². The summed E-state index contributed by atoms with van der Waals surface area (Å²) in [4.78, 5) is 0. The molecule has 0 N–H and O–H groups in total. The van der Waals surface area contributed by atoms with E-state index in [4.69, 9.17) is 9.16 Å². The third-order valence-electron chi connectivity index (χ3n) is 3.74. The zero-order chi connectivity index (χ0) is 15.2. The summed E-state index contributed by atoms with van der Waals surface area (Å²) in [5, 5.41) is 0. The van der Waals surface area contributed by atoms with Crippen LogP contribution >= 0.6 is 0 Å². The molecule has 0 aliphatic carbocycles. The van der Waals surface area contributed by atoms with Gasteiger partial charge in [-0.05, 0) is 35.5 Å². The molecule has 0 radical (unpaired) electrons. The number of hydrogen-bond acceptors (Lipinski definition) is 2. The molecule has 0 bridgehead atoms. The van der Waals surface area contributed by atoms with Crippen LogP contribution in [-0.4, -0.2) is 14.9 Å². The molecule has 0 aromatic carbocycles. The van der Waals surface area contributed by atoms with Crippen LogP contribution in [0.4, 0.5) is 0 Å². The SMILES string of the molecule is CCOC(=CC(C)C)O[Si](C(C)C)(C(C)C)C(C)C. The zero-order valence-corrected chi connectivity index (χ0v) is 15.4. The van der Waals surface area contributed by atoms with Gasteiger partial charge in [0.25, 0.3) is 14.3 Å². The van der Waals surface area contributed by atoms with E-state index in [-0.39, 0.29) is 0 Å². The molecule has 0 amide bonds. The summed E-state index contributed by atoms with van der Waals surface area (Å²) in [6.45, 7) is 20.8. The topological polar surface area (TPSA) is 18.5 Å². The van der Waals surface area contributed by atoms with Crippen molar-refractivity contribution in [2.75, 3.05) is 6.61 Å². The summed E-state index contributed by atoms with van der Waals surface area (Å²) in [5.74, 6) is 1.19. The van der Waals surface area contributed by atoms with Crippen LogP contribution < -0.4 is 0 Å². The first-order chi connectivity index (χ1) is 8.68. The Bertz CT molecular complexity index is 259. The summed E-state index contributed by atoms with van der Waals surface area (Å²) < 4.78 is 12.3. The van der Waals surface area contributed by atoms with Crippen molar-refractivity contribution in [3.8, 4) is 0 Å². The lowest BCUT2D eigenvalue weighted by Crippen LogP contribution is -2.47. The largest absolute Gasteiger partial charge is 0.518 e. The Labute approximate surface area is 121 Å². The summed E-state index contributed by atoms with van der Waals surface area (Å²) in [7, 11) is -1.89. The van der Waals surface area contributed by atoms with Crippen molar-refractivity contribution in [1.29, 1.82) is 0 Å². The lowest BCUT2D eigenvalue weighted by atomic mass is 10.2. The van der Waals surface area contributed by atoms with Gasteiger partial charge < -0.3 is 9.16 Å². The normalized spacial score (nSPS) is 13.8. The van der Waals surface area contributed by atoms with Crippen molar-refractivity contribution in [3.63, 3.8) is 0 Å². The molecule has 0 saturated carbocycles. The van der Waals surface area contributed by atoms with Crippen molar-refractivity contribution in [3.05, 3.63) is 12.0 Å². The van der Waals surface area contributed by atoms with E-state index in [0.717, 1.165) is 5.95 Å². The molecule has 0 aliphatic rings. The van der Waals surface area contributed by atoms with Crippen molar-refractivity contribution in [2.24, 2.45) is 5.92 Å². The molecule has 0 heterocycles. The van der Waals surface area contributed by atoms with Gasteiger partial charge in [0, 0.05) is 0 Å². The monoisotopic (exact) mass is 286 g/mol. The maximum atomic E-state index is 6.55. The molecule has 0 atom stereocenters. The molecule has 0 aliphatic heterocycles. The maximum Gasteiger partial charge on any atom is 0.262 e. The fraction of sp³-hybridized carbons (Fsp3) is 0.875. The molecule has 0 unspecified atom stereocenters. The molecular weight excluding hydrogens is 252 g/mol. The highest BCUT2D eigenvalue weighted by molar-refractivity contribution is 6.77. The molecule has 0 aromatic rings. The molecule has 19 heavy (non-hydrogen) atoms. The minimum Gasteiger partial charge on any atom is -0.518 e. The minimum atomic E-state index is -1.89. The van der Waals surface area contributed by atoms with Gasteiger partial charge in [-0.25, -0.2) is 0 Å². The summed E-state index contributed by atoms with van der Waals surface area (Å²) in [6, 6.07) is 0. The van der Waals surface area contributed by atoms with Gasteiger partial charge in [0.1, 0.15) is 0 Å². The molecule has 0 rings (SSSR count). The van der Waals surface area contributed by atoms with E-state index in [9.17, 15) is 0 Å². The Morgan fingerprint density at radius 2 is 1.32 bits per heavy atom. The lowest BCUT2D eigenvalue weighted by molar-refractivity contribution is 0.102. The third kappa shape index (κ3) is 4.86. The highest BCUT2D eigenvalue weighted by Gasteiger charge is 2.47. The summed E-state index contributed by atoms with van der Waals surface area (Å²) >= 11 is 0. The van der Waals surface area contributed by atoms with E-state index in [1.807, 2.05) is 6.92 Å². The predicted octanol–water partition coefficient (Wildman–Crippen LogP) is 5.71. The van der Waals surface area contributed by atoms with Crippen molar-refractivity contribution in [2.45, 2.75) is 78.9 Å². The van der Waals surface area contributed by atoms with Crippen LogP contribution in [0.5, 0.6) is 0 Å². The molecule has 0 fully saturated rings. The molecule has 0 saturated heterocycles. The zero-order valence-electron chi connectivity index (χ0n) is 14.4. The van der Waals surface area contributed by atoms with Crippen molar-refractivity contribution >= 4 is 8.32 Å². The first kappa shape index (κ1) is 18.6. The fourth-order valence-electron chi connectivity index (χ4n) is 3.05. The van der Waals surface area contributed by atoms with E-state index in [2.05, 4.69) is 61.5 Å². The van der Waals surface area contributed by atoms with Crippen molar-refractivity contribution in [1.82, 2.24) is 0 Å². The van der Waals surface area contributed by atoms with Gasteiger partial charge in [0.15, 0.2) is 0 Å². The average molecular weight is 287 g/mol. The highest BCUT2D eigenvalue weighted by atomic mass is 28.4. The molecule has 0 spiro atoms. The Morgan fingerprint density at radius 3 is 1.58 bits per heavy atom. The Morgan fingerprint density at radius 1 is 0.895 bits per heavy atom. The third-order valence-corrected chi connectivity index (χ3v) is 9.71. The van der Waals surface area contributed by atoms with Crippen LogP contribution in [-0.2, 0) is 9.16 Å². The predicted molar refractivity (Wildman–Crippen MR) is 86.7 cm³/mol. The smallest absolute Gasteiger partial charge is 0.262 e. The van der Waals surface area contributed by atoms with Crippen LogP contribution in [0.1, 0.15) is 62.3 Å². The van der Waals surface area contributed by atoms with Gasteiger partial charge in [-0.15, -0.1) is 0 Å². The first-order valence-corrected chi connectivity index (χ1v) is 9.86. The van der Waals surface area contributed by atoms with Gasteiger partial charge in [-0.1, -0.05) is 55.4 Å². The summed E-state index contributed by atoms with van der Waals surface area (Å²) in [5.41, 5.74) is 1.72. The minimum absolute atomic E-state index is 0.444. The van der Waals surface area contributed by atoms with Crippen LogP contribution in [0.25, 0.3) is 0 Å². The number of allylic oxidation sites excluding steroid dienone is 1. The van der Waals surface area contributed by atoms with E-state index >= 15 is 0 Å². The number of hydrogen-bond donors (Lipinski definition) is 0. The molecule has 2 nitrogen and oxygen atoms in total. The highest BCUT2D eigenvalue weighted by Crippen LogP contribution is 2.43. The second kappa shape index (κ2) is 7.98. The molecule has 114 valence electrons. The fourth-order valence-corrected chi connectivity index (χ4v) is 8.24. The van der Waals surface area contributed by atoms with Crippen LogP contribution in [0.15, 0.2) is 12.0 Å². The van der Waals surface area contributed by atoms with Crippen molar-refractivity contribution < 1.29 is 9.16 Å². The average Bonchev–Trinajstić information content (AvgIpc) is 2.23. The second-order valence-electron chi connectivity index (χ2n) is 6.58. The van der Waals surface area contributed by atoms with Gasteiger partial charge >= 0.3 is 0 Å². The standard InChI is InChI=1S/C16H34O2Si/c1-10-17-16(11-12(2)3)18-19(13(4)5,14(6)7)15(8)9/h11-15H,10H2,1-9H3. The maximum absolute atomic E-state index is 6.55. The van der Waals surface area contributed by atoms with E-state index in [1.54, 1.807) is 0 Å². The van der Waals surface area contributed by atoms with Gasteiger partial charge in [0.05, 0.1) is 6.61 Å². The first-order valence-electron chi connectivity index (χ1n) is 7.71. The number of ether oxygens (including phenoxy) is 1. The molecule has 0 aromatic heterocycles. The number of rotatable bonds is 8. The lowest BCUT2D eigenvalue weighted by Gasteiger charge is -2.42. The quantitative estimate of drug-likeness (QED) is 0.420. The Balaban J connectivity index is 5.39. The summed E-state index contributed by atoms with van der Waals surface area (Å²) in [6.07, 6.45) is 2.11.